The van der Waals surface area contributed by atoms with E-state index in [1.807, 2.05) is 25.1 Å². The third kappa shape index (κ3) is 3.50. The summed E-state index contributed by atoms with van der Waals surface area (Å²) in [6.07, 6.45) is 3.53. The molecule has 4 N–H and O–H groups in total. The summed E-state index contributed by atoms with van der Waals surface area (Å²) in [7, 11) is 0. The summed E-state index contributed by atoms with van der Waals surface area (Å²) < 4.78 is 0. The number of fused-ring (bicyclic) bond motifs is 4. The van der Waals surface area contributed by atoms with E-state index in [1.165, 1.54) is 12.4 Å². The number of aliphatic carboxylic acids is 1. The standard InChI is InChI=1S/C26H24N4O3/c1-4-15-8-19-20(9-18(15)16(11-28)12-29-13-22(31)32)26(2,3)25-23(24(19)33)17-6-5-14(10-27)7-21(17)30-25/h5-9,11-12,30H,4,13,28H2,1-3H3,(H,31,32)/b16-11+,29-12?. The van der Waals surface area contributed by atoms with E-state index < -0.39 is 11.4 Å². The van der Waals surface area contributed by atoms with Crippen molar-refractivity contribution in [3.63, 3.8) is 0 Å². The third-order valence-electron chi connectivity index (χ3n) is 6.27. The molecule has 0 radical (unpaired) electrons. The lowest BCUT2D eigenvalue weighted by Crippen LogP contribution is -2.31. The lowest BCUT2D eigenvalue weighted by Gasteiger charge is -2.33. The number of nitriles is 1. The van der Waals surface area contributed by atoms with Gasteiger partial charge >= 0.3 is 5.97 Å². The van der Waals surface area contributed by atoms with E-state index in [4.69, 9.17) is 10.8 Å². The highest BCUT2D eigenvalue weighted by atomic mass is 16.4. The van der Waals surface area contributed by atoms with Crippen LogP contribution in [0.25, 0.3) is 16.5 Å². The molecule has 166 valence electrons. The van der Waals surface area contributed by atoms with Gasteiger partial charge in [0, 0.05) is 45.6 Å². The van der Waals surface area contributed by atoms with E-state index in [-0.39, 0.29) is 12.3 Å². The topological polar surface area (TPSA) is 132 Å². The number of hydrogen-bond acceptors (Lipinski definition) is 5. The number of rotatable bonds is 5. The molecular weight excluding hydrogens is 416 g/mol. The SMILES string of the molecule is CCc1cc2c(cc1/C(C=NCC(=O)O)=C/N)C(C)(C)c1[nH]c3cc(C#N)ccc3c1C2=O. The van der Waals surface area contributed by atoms with Crippen LogP contribution in [0.5, 0.6) is 0 Å². The van der Waals surface area contributed by atoms with Gasteiger partial charge in [0.2, 0.25) is 0 Å². The van der Waals surface area contributed by atoms with Crippen molar-refractivity contribution in [3.05, 3.63) is 75.6 Å². The predicted molar refractivity (Wildman–Crippen MR) is 128 cm³/mol. The van der Waals surface area contributed by atoms with Gasteiger partial charge in [-0.05, 0) is 47.4 Å². The van der Waals surface area contributed by atoms with Crippen LogP contribution in [0, 0.1) is 11.3 Å². The lowest BCUT2D eigenvalue weighted by atomic mass is 9.70. The predicted octanol–water partition coefficient (Wildman–Crippen LogP) is 3.93. The van der Waals surface area contributed by atoms with Gasteiger partial charge in [0.1, 0.15) is 6.54 Å². The number of carbonyl (C=O) groups is 2. The molecule has 4 rings (SSSR count). The monoisotopic (exact) mass is 440 g/mol. The van der Waals surface area contributed by atoms with Gasteiger partial charge in [0.15, 0.2) is 5.78 Å². The summed E-state index contributed by atoms with van der Waals surface area (Å²) in [5, 5.41) is 19.0. The second-order valence-corrected chi connectivity index (χ2v) is 8.60. The zero-order valence-corrected chi connectivity index (χ0v) is 18.7. The molecule has 1 aromatic heterocycles. The number of aliphatic imine (C=N–C) groups is 1. The Hall–Kier alpha value is -4.18. The van der Waals surface area contributed by atoms with E-state index in [2.05, 4.69) is 29.9 Å². The number of carbonyl (C=O) groups excluding carboxylic acids is 1. The molecule has 0 saturated carbocycles. The molecule has 0 amide bonds. The largest absolute Gasteiger partial charge is 0.480 e. The maximum Gasteiger partial charge on any atom is 0.325 e. The smallest absolute Gasteiger partial charge is 0.325 e. The van der Waals surface area contributed by atoms with Gasteiger partial charge in [0.25, 0.3) is 0 Å². The fraction of sp³-hybridized carbons (Fsp3) is 0.231. The van der Waals surface area contributed by atoms with E-state index in [9.17, 15) is 14.9 Å². The van der Waals surface area contributed by atoms with E-state index >= 15 is 0 Å². The summed E-state index contributed by atoms with van der Waals surface area (Å²) in [6, 6.07) is 11.3. The number of hydrogen-bond donors (Lipinski definition) is 3. The average Bonchev–Trinajstić information content (AvgIpc) is 3.19. The molecule has 33 heavy (non-hydrogen) atoms. The summed E-state index contributed by atoms with van der Waals surface area (Å²) in [6.45, 7) is 5.75. The van der Waals surface area contributed by atoms with Crippen molar-refractivity contribution in [1.82, 2.24) is 4.98 Å². The van der Waals surface area contributed by atoms with Crippen LogP contribution in [-0.4, -0.2) is 34.6 Å². The Kier molecular flexibility index (Phi) is 5.38. The molecule has 0 fully saturated rings. The van der Waals surface area contributed by atoms with Gasteiger partial charge in [-0.15, -0.1) is 0 Å². The molecule has 1 heterocycles. The van der Waals surface area contributed by atoms with Crippen LogP contribution >= 0.6 is 0 Å². The highest BCUT2D eigenvalue weighted by Gasteiger charge is 2.40. The van der Waals surface area contributed by atoms with Crippen molar-refractivity contribution in [2.45, 2.75) is 32.6 Å². The Morgan fingerprint density at radius 2 is 2.06 bits per heavy atom. The number of aromatic nitrogens is 1. The number of aryl methyl sites for hydroxylation is 1. The molecule has 1 aliphatic carbocycles. The van der Waals surface area contributed by atoms with Crippen molar-refractivity contribution in [2.24, 2.45) is 10.7 Å². The fourth-order valence-corrected chi connectivity index (χ4v) is 4.58. The van der Waals surface area contributed by atoms with Crippen molar-refractivity contribution >= 4 is 34.4 Å². The minimum atomic E-state index is -1.03. The first kappa shape index (κ1) is 22.0. The number of nitrogens with two attached hydrogens (primary N) is 1. The van der Waals surface area contributed by atoms with Crippen molar-refractivity contribution in [1.29, 1.82) is 5.26 Å². The van der Waals surface area contributed by atoms with Gasteiger partial charge < -0.3 is 15.8 Å². The van der Waals surface area contributed by atoms with Crippen LogP contribution in [0.15, 0.2) is 41.5 Å². The molecule has 3 aromatic rings. The highest BCUT2D eigenvalue weighted by molar-refractivity contribution is 6.20. The second-order valence-electron chi connectivity index (χ2n) is 8.60. The van der Waals surface area contributed by atoms with Gasteiger partial charge in [-0.25, -0.2) is 0 Å². The fourth-order valence-electron chi connectivity index (χ4n) is 4.58. The third-order valence-corrected chi connectivity index (χ3v) is 6.27. The van der Waals surface area contributed by atoms with Crippen molar-refractivity contribution < 1.29 is 14.7 Å². The molecule has 0 saturated heterocycles. The average molecular weight is 441 g/mol. The summed E-state index contributed by atoms with van der Waals surface area (Å²) >= 11 is 0. The normalized spacial score (nSPS) is 14.8. The number of benzene rings is 2. The highest BCUT2D eigenvalue weighted by Crippen LogP contribution is 2.45. The second kappa shape index (κ2) is 8.06. The zero-order chi connectivity index (χ0) is 23.9. The molecule has 0 unspecified atom stereocenters. The minimum absolute atomic E-state index is 0.0608. The zero-order valence-electron chi connectivity index (χ0n) is 18.7. The number of aromatic amines is 1. The molecule has 7 heteroatoms. The Morgan fingerprint density at radius 3 is 2.70 bits per heavy atom. The number of carboxylic acid groups (broad SMARTS) is 1. The van der Waals surface area contributed by atoms with Crippen LogP contribution in [0.1, 0.15) is 64.6 Å². The van der Waals surface area contributed by atoms with Crippen molar-refractivity contribution in [3.8, 4) is 6.07 Å². The number of carboxylic acids is 1. The number of nitrogens with one attached hydrogen (secondary N) is 1. The number of H-pyrrole nitrogens is 1. The van der Waals surface area contributed by atoms with Crippen molar-refractivity contribution in [2.75, 3.05) is 6.54 Å². The van der Waals surface area contributed by atoms with Gasteiger partial charge in [0.05, 0.1) is 17.2 Å². The summed E-state index contributed by atoms with van der Waals surface area (Å²) in [4.78, 5) is 31.9. The maximum atomic E-state index is 13.7. The van der Waals surface area contributed by atoms with Crippen LogP contribution in [0.3, 0.4) is 0 Å². The van der Waals surface area contributed by atoms with Crippen LogP contribution < -0.4 is 5.73 Å². The van der Waals surface area contributed by atoms with Crippen LogP contribution in [-0.2, 0) is 16.6 Å². The Morgan fingerprint density at radius 1 is 1.30 bits per heavy atom. The van der Waals surface area contributed by atoms with E-state index in [0.29, 0.717) is 28.7 Å². The maximum absolute atomic E-state index is 13.7. The van der Waals surface area contributed by atoms with E-state index in [0.717, 1.165) is 33.3 Å². The number of ketones is 1. The summed E-state index contributed by atoms with van der Waals surface area (Å²) in [5.41, 5.74) is 11.9. The van der Waals surface area contributed by atoms with E-state index in [1.54, 1.807) is 12.1 Å². The molecular formula is C26H24N4O3. The van der Waals surface area contributed by atoms with Gasteiger partial charge in [-0.3, -0.25) is 14.6 Å². The van der Waals surface area contributed by atoms with Crippen LogP contribution in [0.2, 0.25) is 0 Å². The molecule has 1 aliphatic rings. The quantitative estimate of drug-likeness (QED) is 0.517. The molecule has 0 atom stereocenters. The first-order valence-corrected chi connectivity index (χ1v) is 10.6. The molecule has 2 aromatic carbocycles. The number of allylic oxidation sites excluding steroid dienone is 1. The first-order valence-electron chi connectivity index (χ1n) is 10.6. The molecule has 0 bridgehead atoms. The Bertz CT molecular complexity index is 1420. The Labute approximate surface area is 191 Å². The Balaban J connectivity index is 1.93. The molecule has 0 aliphatic heterocycles. The minimum Gasteiger partial charge on any atom is -0.480 e. The van der Waals surface area contributed by atoms with Gasteiger partial charge in [-0.2, -0.15) is 5.26 Å². The molecule has 0 spiro atoms. The molecule has 7 nitrogen and oxygen atoms in total. The summed E-state index contributed by atoms with van der Waals surface area (Å²) in [5.74, 6) is -1.09. The first-order chi connectivity index (χ1) is 15.7. The van der Waals surface area contributed by atoms with Gasteiger partial charge in [-0.1, -0.05) is 26.8 Å². The number of nitrogens with zero attached hydrogens (tertiary/aromatic N) is 2. The lowest BCUT2D eigenvalue weighted by molar-refractivity contribution is -0.135. The van der Waals surface area contributed by atoms with Crippen LogP contribution in [0.4, 0.5) is 0 Å².